The van der Waals surface area contributed by atoms with Crippen LogP contribution in [-0.4, -0.2) is 98.7 Å². The van der Waals surface area contributed by atoms with E-state index in [1.165, 1.54) is 23.8 Å². The van der Waals surface area contributed by atoms with Crippen molar-refractivity contribution in [2.75, 3.05) is 25.1 Å². The van der Waals surface area contributed by atoms with Gasteiger partial charge >= 0.3 is 24.3 Å². The Bertz CT molecular complexity index is 1660. The van der Waals surface area contributed by atoms with Gasteiger partial charge < -0.3 is 41.3 Å². The third-order valence-corrected chi connectivity index (χ3v) is 8.57. The number of nitrogens with two attached hydrogens (primary N) is 1. The van der Waals surface area contributed by atoms with Gasteiger partial charge in [0.05, 0.1) is 0 Å². The van der Waals surface area contributed by atoms with Crippen molar-refractivity contribution in [3.8, 4) is 0 Å². The number of halogens is 7. The standard InChI is InChI=1S/C22H24ClN7O5S2.2C2HF3O2/c1-3-25-8-11-4-6-29(7-5-11)9-12-10-36-20-15(19(32)30(20)16(12)21(33)34)26-18(31)14(28-35-2)13-17(23)37-22(24)27-13;2*3-2(4,5)1(6)7/h4-7,15,20,25H,3,8-10H2,1-2H3,(H3-,24,26,27,31,33,34);2*(H,6,7)/b28-14-;;/t15-,20+;;/m1../s1. The van der Waals surface area contributed by atoms with Crippen molar-refractivity contribution >= 4 is 75.3 Å². The van der Waals surface area contributed by atoms with Gasteiger partial charge in [-0.1, -0.05) is 35.0 Å². The molecule has 0 aromatic carbocycles. The first-order valence-corrected chi connectivity index (χ1v) is 15.9. The zero-order valence-electron chi connectivity index (χ0n) is 25.9. The van der Waals surface area contributed by atoms with Gasteiger partial charge in [-0.05, 0) is 12.1 Å². The summed E-state index contributed by atoms with van der Waals surface area (Å²) in [5.74, 6) is -7.86. The highest BCUT2D eigenvalue weighted by molar-refractivity contribution is 8.00. The first kappa shape index (κ1) is 42.5. The van der Waals surface area contributed by atoms with E-state index in [2.05, 4.69) is 20.8 Å². The van der Waals surface area contributed by atoms with Crippen molar-refractivity contribution in [3.63, 3.8) is 0 Å². The lowest BCUT2D eigenvalue weighted by Crippen LogP contribution is -2.71. The Morgan fingerprint density at radius 1 is 1.18 bits per heavy atom. The van der Waals surface area contributed by atoms with E-state index in [0.717, 1.165) is 30.0 Å². The van der Waals surface area contributed by atoms with E-state index in [9.17, 15) is 45.8 Å². The number of thioether (sulfide) groups is 1. The third kappa shape index (κ3) is 11.7. The predicted molar refractivity (Wildman–Crippen MR) is 164 cm³/mol. The van der Waals surface area contributed by atoms with Crippen molar-refractivity contribution in [1.29, 1.82) is 0 Å². The monoisotopic (exact) mass is 793 g/mol. The largest absolute Gasteiger partial charge is 0.542 e. The molecule has 0 bridgehead atoms. The van der Waals surface area contributed by atoms with Crippen molar-refractivity contribution < 1.29 is 75.0 Å². The molecular formula is C26H26ClF6N7O9S2. The summed E-state index contributed by atoms with van der Waals surface area (Å²) in [5, 5.41) is 35.0. The number of aliphatic carboxylic acids is 3. The van der Waals surface area contributed by atoms with Gasteiger partial charge in [0.1, 0.15) is 40.2 Å². The Balaban J connectivity index is 0.000000543. The molecule has 2 aromatic rings. The van der Waals surface area contributed by atoms with Crippen LogP contribution in [0, 0.1) is 0 Å². The fourth-order valence-corrected chi connectivity index (χ4v) is 6.23. The minimum absolute atomic E-state index is 0.0327. The molecular weight excluding hydrogens is 768 g/mol. The Labute approximate surface area is 295 Å². The van der Waals surface area contributed by atoms with Gasteiger partial charge in [0, 0.05) is 30.0 Å². The van der Waals surface area contributed by atoms with Crippen molar-refractivity contribution in [1.82, 2.24) is 20.5 Å². The summed E-state index contributed by atoms with van der Waals surface area (Å²) in [7, 11) is 1.25. The average molecular weight is 794 g/mol. The molecule has 51 heavy (non-hydrogen) atoms. The van der Waals surface area contributed by atoms with E-state index < -0.39 is 53.5 Å². The molecule has 4 heterocycles. The van der Waals surface area contributed by atoms with Gasteiger partial charge in [-0.15, -0.1) is 11.8 Å². The topological polar surface area (TPSA) is 241 Å². The lowest BCUT2D eigenvalue weighted by Gasteiger charge is -2.49. The summed E-state index contributed by atoms with van der Waals surface area (Å²) in [6.07, 6.45) is -6.52. The highest BCUT2D eigenvalue weighted by atomic mass is 35.5. The summed E-state index contributed by atoms with van der Waals surface area (Å²) in [4.78, 5) is 65.8. The number of carboxylic acids is 3. The van der Waals surface area contributed by atoms with E-state index in [-0.39, 0.29) is 26.6 Å². The quantitative estimate of drug-likeness (QED) is 0.0725. The van der Waals surface area contributed by atoms with Crippen LogP contribution in [0.4, 0.5) is 31.5 Å². The predicted octanol–water partition coefficient (Wildman–Crippen LogP) is 0.497. The number of carboxylic acid groups (broad SMARTS) is 3. The number of anilines is 1. The lowest BCUT2D eigenvalue weighted by atomic mass is 10.0. The van der Waals surface area contributed by atoms with Crippen LogP contribution in [0.15, 0.2) is 41.0 Å². The maximum atomic E-state index is 13.0. The van der Waals surface area contributed by atoms with Crippen LogP contribution in [0.1, 0.15) is 18.2 Å². The molecule has 25 heteroatoms. The smallest absolute Gasteiger partial charge is 0.490 e. The number of nitrogen functional groups attached to an aromatic ring is 1. The number of nitrogens with one attached hydrogen (secondary N) is 2. The summed E-state index contributed by atoms with van der Waals surface area (Å²) in [5.41, 5.74) is 7.10. The zero-order chi connectivity index (χ0) is 38.8. The van der Waals surface area contributed by atoms with Crippen molar-refractivity contribution in [2.24, 2.45) is 5.16 Å². The number of fused-ring (bicyclic) bond motifs is 1. The lowest BCUT2D eigenvalue weighted by molar-refractivity contribution is -0.689. The van der Waals surface area contributed by atoms with Crippen LogP contribution in [0.5, 0.6) is 0 Å². The number of alkyl halides is 6. The molecule has 0 radical (unpaired) electrons. The van der Waals surface area contributed by atoms with Crippen LogP contribution in [0.3, 0.4) is 0 Å². The number of pyridine rings is 1. The number of carbonyl (C=O) groups excluding carboxylic acids is 3. The van der Waals surface area contributed by atoms with Gasteiger partial charge in [0.2, 0.25) is 0 Å². The molecule has 0 saturated carbocycles. The Kier molecular flexibility index (Phi) is 15.0. The number of oxime groups is 1. The number of amides is 2. The number of aromatic nitrogens is 2. The molecule has 1 saturated heterocycles. The Morgan fingerprint density at radius 3 is 2.18 bits per heavy atom. The molecule has 0 unspecified atom stereocenters. The third-order valence-electron chi connectivity index (χ3n) is 6.15. The van der Waals surface area contributed by atoms with E-state index in [1.807, 2.05) is 36.0 Å². The number of hydrogen-bond donors (Lipinski definition) is 5. The number of β-lactam (4-membered cyclic amide) rings is 1. The first-order valence-electron chi connectivity index (χ1n) is 13.6. The van der Waals surface area contributed by atoms with E-state index in [0.29, 0.717) is 17.9 Å². The highest BCUT2D eigenvalue weighted by Gasteiger charge is 2.55. The summed E-state index contributed by atoms with van der Waals surface area (Å²) >= 11 is 8.45. The molecule has 2 aromatic heterocycles. The Morgan fingerprint density at radius 2 is 1.75 bits per heavy atom. The van der Waals surface area contributed by atoms with E-state index >= 15 is 0 Å². The average Bonchev–Trinajstić information content (AvgIpc) is 3.38. The number of thiazole rings is 1. The van der Waals surface area contributed by atoms with Crippen LogP contribution in [0.25, 0.3) is 0 Å². The SMILES string of the molecule is CCNCc1cc[n+](CC2=C(C(=O)O)N3C(=O)[C@@H](NC(=O)/C(=N\OC)c4nc(N)sc4Cl)[C@@H]3SC2)cc1.O=C(O)C(F)(F)F.O=C([O-])C(F)(F)F. The molecule has 0 aliphatic carbocycles. The van der Waals surface area contributed by atoms with E-state index in [4.69, 9.17) is 42.0 Å². The highest BCUT2D eigenvalue weighted by Crippen LogP contribution is 2.40. The fourth-order valence-electron chi connectivity index (χ4n) is 3.96. The number of hydrogen-bond acceptors (Lipinski definition) is 13. The van der Waals surface area contributed by atoms with E-state index in [1.54, 1.807) is 0 Å². The summed E-state index contributed by atoms with van der Waals surface area (Å²) in [6, 6.07) is 2.97. The number of carbonyl (C=O) groups is 5. The summed E-state index contributed by atoms with van der Waals surface area (Å²) in [6.45, 7) is 3.95. The molecule has 2 aliphatic rings. The molecule has 4 rings (SSSR count). The normalized spacial score (nSPS) is 17.2. The molecule has 2 aliphatic heterocycles. The van der Waals surface area contributed by atoms with Crippen LogP contribution < -0.4 is 26.0 Å². The molecule has 2 atom stereocenters. The van der Waals surface area contributed by atoms with Gasteiger partial charge in [-0.2, -0.15) is 26.3 Å². The van der Waals surface area contributed by atoms with Crippen molar-refractivity contribution in [2.45, 2.75) is 43.8 Å². The van der Waals surface area contributed by atoms with Crippen LogP contribution >= 0.6 is 34.7 Å². The molecule has 6 N–H and O–H groups in total. The maximum absolute atomic E-state index is 13.0. The van der Waals surface area contributed by atoms with Crippen LogP contribution in [-0.2, 0) is 41.9 Å². The van der Waals surface area contributed by atoms with Gasteiger partial charge in [0.15, 0.2) is 29.8 Å². The first-order chi connectivity index (χ1) is 23.6. The van der Waals surface area contributed by atoms with Crippen molar-refractivity contribution in [3.05, 3.63) is 51.4 Å². The second-order valence-electron chi connectivity index (χ2n) is 9.66. The van der Waals surface area contributed by atoms with Gasteiger partial charge in [0.25, 0.3) is 11.8 Å². The molecule has 280 valence electrons. The fraction of sp³-hybridized carbons (Fsp3) is 0.385. The Hall–Kier alpha value is -4.68. The molecule has 0 spiro atoms. The van der Waals surface area contributed by atoms with Gasteiger partial charge in [-0.3, -0.25) is 14.5 Å². The maximum Gasteiger partial charge on any atom is 0.490 e. The number of nitrogens with zero attached hydrogens (tertiary/aromatic N) is 4. The molecule has 1 fully saturated rings. The summed E-state index contributed by atoms with van der Waals surface area (Å²) < 4.78 is 65.3. The second-order valence-corrected chi connectivity index (χ2v) is 12.4. The number of rotatable bonds is 10. The molecule has 16 nitrogen and oxygen atoms in total. The van der Waals surface area contributed by atoms with Crippen LogP contribution in [0.2, 0.25) is 4.34 Å². The second kappa shape index (κ2) is 18.0. The minimum atomic E-state index is -5.19. The minimum Gasteiger partial charge on any atom is -0.542 e. The molecule has 2 amide bonds. The zero-order valence-corrected chi connectivity index (χ0v) is 28.3. The van der Waals surface area contributed by atoms with Gasteiger partial charge in [-0.25, -0.2) is 19.1 Å².